The van der Waals surface area contributed by atoms with Crippen LogP contribution in [0.25, 0.3) is 11.3 Å². The average molecular weight is 424 g/mol. The molecule has 0 aliphatic heterocycles. The number of rotatable bonds is 9. The van der Waals surface area contributed by atoms with E-state index in [0.717, 1.165) is 11.3 Å². The van der Waals surface area contributed by atoms with E-state index in [2.05, 4.69) is 35.2 Å². The second-order valence-corrected chi connectivity index (χ2v) is 7.75. The van der Waals surface area contributed by atoms with Crippen LogP contribution in [0.3, 0.4) is 0 Å². The van der Waals surface area contributed by atoms with Crippen LogP contribution in [0.5, 0.6) is 5.88 Å². The van der Waals surface area contributed by atoms with Crippen LogP contribution in [0.15, 0.2) is 43.0 Å². The number of nitrogens with zero attached hydrogens (tertiary/aromatic N) is 5. The Hall–Kier alpha value is -3.27. The Bertz CT molecular complexity index is 1010. The highest BCUT2D eigenvalue weighted by Gasteiger charge is 2.22. The molecular formula is C20H21N7O2S. The molecular weight excluding hydrogens is 402 g/mol. The van der Waals surface area contributed by atoms with Gasteiger partial charge in [-0.25, -0.2) is 4.98 Å². The maximum atomic E-state index is 12.4. The van der Waals surface area contributed by atoms with Crippen molar-refractivity contribution < 1.29 is 9.53 Å². The molecule has 2 N–H and O–H groups in total. The van der Waals surface area contributed by atoms with Gasteiger partial charge in [0.15, 0.2) is 0 Å². The highest BCUT2D eigenvalue weighted by Crippen LogP contribution is 2.34. The number of carbonyl (C=O) groups is 1. The zero-order chi connectivity index (χ0) is 20.8. The van der Waals surface area contributed by atoms with Gasteiger partial charge < -0.3 is 14.8 Å². The first-order chi connectivity index (χ1) is 14.7. The van der Waals surface area contributed by atoms with Gasteiger partial charge in [0, 0.05) is 17.0 Å². The van der Waals surface area contributed by atoms with Crippen LogP contribution in [-0.4, -0.2) is 42.9 Å². The second kappa shape index (κ2) is 9.49. The van der Waals surface area contributed by atoms with Gasteiger partial charge in [-0.1, -0.05) is 0 Å². The van der Waals surface area contributed by atoms with Crippen molar-refractivity contribution >= 4 is 23.5 Å². The lowest BCUT2D eigenvalue weighted by molar-refractivity contribution is 0.0945. The summed E-state index contributed by atoms with van der Waals surface area (Å²) in [5, 5.41) is 11.5. The van der Waals surface area contributed by atoms with E-state index in [0.29, 0.717) is 34.8 Å². The molecule has 1 amide bonds. The van der Waals surface area contributed by atoms with Crippen molar-refractivity contribution in [2.75, 3.05) is 11.3 Å². The Morgan fingerprint density at radius 1 is 1.23 bits per heavy atom. The smallest absolute Gasteiger partial charge is 0.270 e. The van der Waals surface area contributed by atoms with E-state index in [1.807, 2.05) is 13.0 Å². The van der Waals surface area contributed by atoms with E-state index in [9.17, 15) is 4.79 Å². The number of aromatic nitrogens is 5. The lowest BCUT2D eigenvalue weighted by Gasteiger charge is -2.07. The molecule has 4 rings (SSSR count). The van der Waals surface area contributed by atoms with Gasteiger partial charge in [-0.05, 0) is 49.9 Å². The molecule has 154 valence electrons. The highest BCUT2D eigenvalue weighted by atomic mass is 32.2. The summed E-state index contributed by atoms with van der Waals surface area (Å²) in [6.07, 6.45) is 8.93. The number of hydrogen-bond acceptors (Lipinski definition) is 9. The minimum absolute atomic E-state index is 0.265. The van der Waals surface area contributed by atoms with E-state index in [-0.39, 0.29) is 12.5 Å². The van der Waals surface area contributed by atoms with E-state index in [1.165, 1.54) is 12.8 Å². The molecule has 0 bridgehead atoms. The molecule has 3 heterocycles. The summed E-state index contributed by atoms with van der Waals surface area (Å²) in [7, 11) is 0. The summed E-state index contributed by atoms with van der Waals surface area (Å²) in [5.41, 5.74) is 3.23. The standard InChI is InChI=1S/C20H21N7O2S/c1-2-29-19-12-21-11-18(25-19)13-3-6-17(22-8-13)20(28)23-9-14-7-15(10-24-26-14)27-30-16-4-5-16/h3,6-8,10-12,16H,2,4-5,9H2,1H3,(H,23,28)(H,26,27). The first kappa shape index (κ1) is 20.0. The predicted octanol–water partition coefficient (Wildman–Crippen LogP) is 2.88. The molecule has 1 fully saturated rings. The van der Waals surface area contributed by atoms with E-state index in [1.54, 1.807) is 48.9 Å². The largest absolute Gasteiger partial charge is 0.477 e. The van der Waals surface area contributed by atoms with Crippen LogP contribution in [-0.2, 0) is 6.54 Å². The van der Waals surface area contributed by atoms with Crippen molar-refractivity contribution in [1.82, 2.24) is 30.5 Å². The quantitative estimate of drug-likeness (QED) is 0.501. The maximum absolute atomic E-state index is 12.4. The molecule has 9 nitrogen and oxygen atoms in total. The van der Waals surface area contributed by atoms with Crippen LogP contribution >= 0.6 is 11.9 Å². The summed E-state index contributed by atoms with van der Waals surface area (Å²) in [6, 6.07) is 5.31. The lowest BCUT2D eigenvalue weighted by Crippen LogP contribution is -2.24. The van der Waals surface area contributed by atoms with Crippen molar-refractivity contribution in [2.24, 2.45) is 0 Å². The first-order valence-corrected chi connectivity index (χ1v) is 10.5. The van der Waals surface area contributed by atoms with Crippen molar-refractivity contribution in [3.8, 4) is 17.1 Å². The molecule has 0 radical (unpaired) electrons. The number of ether oxygens (including phenoxy) is 1. The number of anilines is 1. The minimum Gasteiger partial charge on any atom is -0.477 e. The van der Waals surface area contributed by atoms with Gasteiger partial charge in [-0.3, -0.25) is 14.8 Å². The van der Waals surface area contributed by atoms with E-state index in [4.69, 9.17) is 4.74 Å². The minimum atomic E-state index is -0.289. The fourth-order valence-corrected chi connectivity index (χ4v) is 3.32. The fourth-order valence-electron chi connectivity index (χ4n) is 2.54. The number of nitrogens with one attached hydrogen (secondary N) is 2. The third-order valence-electron chi connectivity index (χ3n) is 4.20. The summed E-state index contributed by atoms with van der Waals surface area (Å²) >= 11 is 1.70. The molecule has 3 aromatic rings. The topological polar surface area (TPSA) is 115 Å². The van der Waals surface area contributed by atoms with Crippen molar-refractivity contribution in [3.05, 3.63) is 54.4 Å². The van der Waals surface area contributed by atoms with E-state index < -0.39 is 0 Å². The van der Waals surface area contributed by atoms with Gasteiger partial charge in [0.2, 0.25) is 5.88 Å². The summed E-state index contributed by atoms with van der Waals surface area (Å²) in [4.78, 5) is 25.2. The average Bonchev–Trinajstić information content (AvgIpc) is 3.62. The summed E-state index contributed by atoms with van der Waals surface area (Å²) < 4.78 is 8.64. The molecule has 0 atom stereocenters. The van der Waals surface area contributed by atoms with Crippen LogP contribution in [0.2, 0.25) is 0 Å². The second-order valence-electron chi connectivity index (χ2n) is 6.65. The third-order valence-corrected chi connectivity index (χ3v) is 5.36. The third kappa shape index (κ3) is 5.41. The zero-order valence-corrected chi connectivity index (χ0v) is 17.2. The van der Waals surface area contributed by atoms with Gasteiger partial charge in [0.1, 0.15) is 5.69 Å². The number of carbonyl (C=O) groups excluding carboxylic acids is 1. The van der Waals surface area contributed by atoms with Crippen LogP contribution in [0.4, 0.5) is 5.69 Å². The van der Waals surface area contributed by atoms with Gasteiger partial charge >= 0.3 is 0 Å². The Labute approximate surface area is 178 Å². The van der Waals surface area contributed by atoms with Gasteiger partial charge in [-0.15, -0.1) is 0 Å². The number of hydrogen-bond donors (Lipinski definition) is 2. The molecule has 30 heavy (non-hydrogen) atoms. The summed E-state index contributed by atoms with van der Waals surface area (Å²) in [6.45, 7) is 2.66. The molecule has 3 aromatic heterocycles. The molecule has 0 spiro atoms. The normalized spacial score (nSPS) is 13.0. The van der Waals surface area contributed by atoms with Crippen LogP contribution in [0, 0.1) is 0 Å². The van der Waals surface area contributed by atoms with E-state index >= 15 is 0 Å². The number of pyridine rings is 1. The molecule has 0 saturated heterocycles. The Kier molecular flexibility index (Phi) is 6.33. The van der Waals surface area contributed by atoms with Crippen molar-refractivity contribution in [1.29, 1.82) is 0 Å². The Morgan fingerprint density at radius 3 is 2.90 bits per heavy atom. The highest BCUT2D eigenvalue weighted by molar-refractivity contribution is 8.01. The zero-order valence-electron chi connectivity index (χ0n) is 16.4. The molecule has 1 aliphatic rings. The van der Waals surface area contributed by atoms with Gasteiger partial charge in [0.25, 0.3) is 5.91 Å². The van der Waals surface area contributed by atoms with Crippen molar-refractivity contribution in [3.63, 3.8) is 0 Å². The molecule has 10 heteroatoms. The number of amides is 1. The predicted molar refractivity (Wildman–Crippen MR) is 114 cm³/mol. The molecule has 1 aliphatic carbocycles. The van der Waals surface area contributed by atoms with Gasteiger partial charge in [-0.2, -0.15) is 10.2 Å². The van der Waals surface area contributed by atoms with Crippen LogP contribution in [0.1, 0.15) is 35.9 Å². The SMILES string of the molecule is CCOc1cncc(-c2ccc(C(=O)NCc3cc(NSC4CC4)cnn3)nc2)n1. The summed E-state index contributed by atoms with van der Waals surface area (Å²) in [5.74, 6) is 0.161. The lowest BCUT2D eigenvalue weighted by atomic mass is 10.2. The molecule has 0 unspecified atom stereocenters. The fraction of sp³-hybridized carbons (Fsp3) is 0.300. The molecule has 1 saturated carbocycles. The monoisotopic (exact) mass is 423 g/mol. The Balaban J connectivity index is 1.34. The maximum Gasteiger partial charge on any atom is 0.270 e. The Morgan fingerprint density at radius 2 is 2.13 bits per heavy atom. The molecule has 0 aromatic carbocycles. The van der Waals surface area contributed by atoms with Crippen LogP contribution < -0.4 is 14.8 Å². The first-order valence-electron chi connectivity index (χ1n) is 9.64. The van der Waals surface area contributed by atoms with Gasteiger partial charge in [0.05, 0.1) is 48.8 Å². The van der Waals surface area contributed by atoms with Crippen molar-refractivity contribution in [2.45, 2.75) is 31.6 Å².